The smallest absolute Gasteiger partial charge is 0.239 e. The Morgan fingerprint density at radius 2 is 1.96 bits per heavy atom. The molecule has 0 spiro atoms. The zero-order chi connectivity index (χ0) is 17.9. The van der Waals surface area contributed by atoms with Crippen LogP contribution in [0.25, 0.3) is 0 Å². The molecule has 0 fully saturated rings. The Balaban J connectivity index is 2.47. The van der Waals surface area contributed by atoms with E-state index in [1.807, 2.05) is 18.7 Å². The van der Waals surface area contributed by atoms with Gasteiger partial charge in [0.25, 0.3) is 0 Å². The maximum Gasteiger partial charge on any atom is 0.239 e. The number of hydrogen-bond acceptors (Lipinski definition) is 4. The van der Waals surface area contributed by atoms with Crippen LogP contribution in [0, 0.1) is 5.82 Å². The number of methoxy groups -OCH3 is 1. The lowest BCUT2D eigenvalue weighted by atomic mass is 10.2. The topological polar surface area (TPSA) is 70.7 Å². The molecule has 0 aliphatic carbocycles. The minimum atomic E-state index is -0.428. The van der Waals surface area contributed by atoms with E-state index in [0.29, 0.717) is 19.6 Å². The van der Waals surface area contributed by atoms with Gasteiger partial charge in [-0.25, -0.2) is 4.39 Å². The molecule has 0 aliphatic heterocycles. The van der Waals surface area contributed by atoms with Crippen molar-refractivity contribution >= 4 is 11.8 Å². The minimum absolute atomic E-state index is 0.0342. The molecule has 2 N–H and O–H groups in total. The summed E-state index contributed by atoms with van der Waals surface area (Å²) in [4.78, 5) is 25.2. The summed E-state index contributed by atoms with van der Waals surface area (Å²) >= 11 is 0. The van der Waals surface area contributed by atoms with Gasteiger partial charge in [0.15, 0.2) is 11.6 Å². The SMILES string of the molecule is CCCNC(=O)CNC(=O)CN(CC)Cc1ccc(OC)c(F)c1. The largest absolute Gasteiger partial charge is 0.494 e. The molecule has 134 valence electrons. The van der Waals surface area contributed by atoms with Gasteiger partial charge in [-0.1, -0.05) is 19.9 Å². The van der Waals surface area contributed by atoms with Crippen LogP contribution in [0.4, 0.5) is 4.39 Å². The fraction of sp³-hybridized carbons (Fsp3) is 0.529. The second-order valence-electron chi connectivity index (χ2n) is 5.40. The second-order valence-corrected chi connectivity index (χ2v) is 5.40. The van der Waals surface area contributed by atoms with E-state index < -0.39 is 5.82 Å². The summed E-state index contributed by atoms with van der Waals surface area (Å²) in [5.74, 6) is -0.677. The third-order valence-electron chi connectivity index (χ3n) is 3.46. The molecular weight excluding hydrogens is 313 g/mol. The Morgan fingerprint density at radius 3 is 2.54 bits per heavy atom. The molecule has 0 aromatic heterocycles. The Labute approximate surface area is 142 Å². The first-order valence-corrected chi connectivity index (χ1v) is 8.08. The van der Waals surface area contributed by atoms with Crippen LogP contribution in [0.5, 0.6) is 5.75 Å². The van der Waals surface area contributed by atoms with Gasteiger partial charge < -0.3 is 15.4 Å². The predicted octanol–water partition coefficient (Wildman–Crippen LogP) is 1.30. The van der Waals surface area contributed by atoms with E-state index >= 15 is 0 Å². The second kappa shape index (κ2) is 10.6. The number of benzene rings is 1. The highest BCUT2D eigenvalue weighted by Crippen LogP contribution is 2.18. The summed E-state index contributed by atoms with van der Waals surface area (Å²) < 4.78 is 18.6. The highest BCUT2D eigenvalue weighted by Gasteiger charge is 2.12. The van der Waals surface area contributed by atoms with E-state index in [0.717, 1.165) is 12.0 Å². The van der Waals surface area contributed by atoms with Gasteiger partial charge in [0.2, 0.25) is 11.8 Å². The van der Waals surface area contributed by atoms with Crippen LogP contribution in [0.1, 0.15) is 25.8 Å². The lowest BCUT2D eigenvalue weighted by molar-refractivity contribution is -0.126. The molecule has 0 aliphatic rings. The number of carbonyl (C=O) groups excluding carboxylic acids is 2. The van der Waals surface area contributed by atoms with Gasteiger partial charge in [-0.2, -0.15) is 0 Å². The molecule has 0 atom stereocenters. The van der Waals surface area contributed by atoms with Crippen molar-refractivity contribution < 1.29 is 18.7 Å². The first-order valence-electron chi connectivity index (χ1n) is 8.08. The van der Waals surface area contributed by atoms with Crippen LogP contribution in [0.2, 0.25) is 0 Å². The summed E-state index contributed by atoms with van der Waals surface area (Å²) in [5.41, 5.74) is 0.753. The van der Waals surface area contributed by atoms with Crippen LogP contribution in [0.3, 0.4) is 0 Å². The van der Waals surface area contributed by atoms with Crippen molar-refractivity contribution in [3.05, 3.63) is 29.6 Å². The molecule has 0 heterocycles. The third-order valence-corrected chi connectivity index (χ3v) is 3.46. The van der Waals surface area contributed by atoms with Crippen LogP contribution in [-0.2, 0) is 16.1 Å². The van der Waals surface area contributed by atoms with Crippen molar-refractivity contribution in [2.24, 2.45) is 0 Å². The molecule has 6 nitrogen and oxygen atoms in total. The van der Waals surface area contributed by atoms with Gasteiger partial charge in [0.05, 0.1) is 20.2 Å². The Morgan fingerprint density at radius 1 is 1.21 bits per heavy atom. The van der Waals surface area contributed by atoms with Crippen LogP contribution in [0.15, 0.2) is 18.2 Å². The fourth-order valence-corrected chi connectivity index (χ4v) is 2.11. The van der Waals surface area contributed by atoms with Gasteiger partial charge >= 0.3 is 0 Å². The Kier molecular flexibility index (Phi) is 8.78. The molecule has 7 heteroatoms. The van der Waals surface area contributed by atoms with Crippen molar-refractivity contribution in [1.82, 2.24) is 15.5 Å². The highest BCUT2D eigenvalue weighted by molar-refractivity contribution is 5.85. The van der Waals surface area contributed by atoms with E-state index in [1.165, 1.54) is 13.2 Å². The van der Waals surface area contributed by atoms with Gasteiger partial charge in [-0.15, -0.1) is 0 Å². The zero-order valence-electron chi connectivity index (χ0n) is 14.5. The summed E-state index contributed by atoms with van der Waals surface area (Å²) in [6.45, 7) is 5.65. The Hall–Kier alpha value is -2.15. The first kappa shape index (κ1) is 19.9. The van der Waals surface area contributed by atoms with Crippen LogP contribution < -0.4 is 15.4 Å². The van der Waals surface area contributed by atoms with E-state index in [2.05, 4.69) is 10.6 Å². The number of halogens is 1. The number of ether oxygens (including phenoxy) is 1. The first-order chi connectivity index (χ1) is 11.5. The van der Waals surface area contributed by atoms with E-state index in [9.17, 15) is 14.0 Å². The van der Waals surface area contributed by atoms with Crippen molar-refractivity contribution in [3.8, 4) is 5.75 Å². The maximum atomic E-state index is 13.7. The summed E-state index contributed by atoms with van der Waals surface area (Å²) in [5, 5.41) is 5.28. The number of hydrogen-bond donors (Lipinski definition) is 2. The van der Waals surface area contributed by atoms with Crippen LogP contribution >= 0.6 is 0 Å². The molecular formula is C17H26FN3O3. The molecule has 1 aromatic carbocycles. The number of amides is 2. The van der Waals surface area contributed by atoms with E-state index in [-0.39, 0.29) is 30.7 Å². The normalized spacial score (nSPS) is 10.5. The summed E-state index contributed by atoms with van der Waals surface area (Å²) in [6, 6.07) is 4.73. The minimum Gasteiger partial charge on any atom is -0.494 e. The van der Waals surface area contributed by atoms with Crippen molar-refractivity contribution in [3.63, 3.8) is 0 Å². The van der Waals surface area contributed by atoms with Crippen molar-refractivity contribution in [1.29, 1.82) is 0 Å². The highest BCUT2D eigenvalue weighted by atomic mass is 19.1. The molecule has 1 aromatic rings. The Bertz CT molecular complexity index is 552. The molecule has 24 heavy (non-hydrogen) atoms. The average Bonchev–Trinajstić information content (AvgIpc) is 2.57. The molecule has 1 rings (SSSR count). The number of nitrogens with one attached hydrogen (secondary N) is 2. The molecule has 0 saturated carbocycles. The van der Waals surface area contributed by atoms with E-state index in [1.54, 1.807) is 12.1 Å². The molecule has 0 radical (unpaired) electrons. The summed E-state index contributed by atoms with van der Waals surface area (Å²) in [6.07, 6.45) is 0.849. The molecule has 2 amide bonds. The van der Waals surface area contributed by atoms with Crippen molar-refractivity contribution in [2.45, 2.75) is 26.8 Å². The predicted molar refractivity (Wildman–Crippen MR) is 90.2 cm³/mol. The lowest BCUT2D eigenvalue weighted by Gasteiger charge is -2.20. The standard InChI is InChI=1S/C17H26FN3O3/c1-4-8-19-16(22)10-20-17(23)12-21(5-2)11-13-6-7-15(24-3)14(18)9-13/h6-7,9H,4-5,8,10-12H2,1-3H3,(H,19,22)(H,20,23). The number of nitrogens with zero attached hydrogens (tertiary/aromatic N) is 1. The maximum absolute atomic E-state index is 13.7. The number of likely N-dealkylation sites (N-methyl/N-ethyl adjacent to an activating group) is 1. The zero-order valence-corrected chi connectivity index (χ0v) is 14.5. The molecule has 0 saturated heterocycles. The molecule has 0 bridgehead atoms. The molecule has 0 unspecified atom stereocenters. The average molecular weight is 339 g/mol. The lowest BCUT2D eigenvalue weighted by Crippen LogP contribution is -2.42. The van der Waals surface area contributed by atoms with E-state index in [4.69, 9.17) is 4.74 Å². The van der Waals surface area contributed by atoms with Gasteiger partial charge in [-0.05, 0) is 30.7 Å². The number of carbonyl (C=O) groups is 2. The monoisotopic (exact) mass is 339 g/mol. The third kappa shape index (κ3) is 6.95. The van der Waals surface area contributed by atoms with Crippen LogP contribution in [-0.4, -0.2) is 50.0 Å². The van der Waals surface area contributed by atoms with Gasteiger partial charge in [0.1, 0.15) is 0 Å². The number of rotatable bonds is 10. The summed E-state index contributed by atoms with van der Waals surface area (Å²) in [7, 11) is 1.41. The van der Waals surface area contributed by atoms with Crippen molar-refractivity contribution in [2.75, 3.05) is 33.3 Å². The van der Waals surface area contributed by atoms with Gasteiger partial charge in [-0.3, -0.25) is 14.5 Å². The quantitative estimate of drug-likeness (QED) is 0.674. The fourth-order valence-electron chi connectivity index (χ4n) is 2.11. The van der Waals surface area contributed by atoms with Gasteiger partial charge in [0, 0.05) is 13.1 Å².